The average Bonchev–Trinajstić information content (AvgIpc) is 2.97. The maximum Gasteiger partial charge on any atom is 0.305 e. The van der Waals surface area contributed by atoms with E-state index in [-0.39, 0.29) is 25.2 Å². The first kappa shape index (κ1) is 40.9. The summed E-state index contributed by atoms with van der Waals surface area (Å²) < 4.78 is 10.3. The van der Waals surface area contributed by atoms with E-state index in [1.54, 1.807) is 0 Å². The molecule has 1 atom stereocenters. The Morgan fingerprint density at radius 2 is 0.762 bits per heavy atom. The third kappa shape index (κ3) is 33.4. The van der Waals surface area contributed by atoms with Crippen LogP contribution < -0.4 is 0 Å². The number of hydrogen-bond donors (Lipinski definition) is 1. The van der Waals surface area contributed by atoms with E-state index in [4.69, 9.17) is 9.47 Å². The highest BCUT2D eigenvalue weighted by Gasteiger charge is 2.12. The molecule has 0 radical (unpaired) electrons. The van der Waals surface area contributed by atoms with Crippen LogP contribution in [0.15, 0.2) is 0 Å². The van der Waals surface area contributed by atoms with Gasteiger partial charge in [-0.2, -0.15) is 0 Å². The van der Waals surface area contributed by atoms with Crippen molar-refractivity contribution in [3.05, 3.63) is 0 Å². The summed E-state index contributed by atoms with van der Waals surface area (Å²) in [6.07, 6.45) is 33.0. The number of rotatable bonds is 33. The van der Waals surface area contributed by atoms with Crippen molar-refractivity contribution in [3.8, 4) is 0 Å². The Labute approximate surface area is 261 Å². The first-order valence-corrected chi connectivity index (χ1v) is 18.4. The minimum atomic E-state index is -0.954. The van der Waals surface area contributed by atoms with Gasteiger partial charge >= 0.3 is 11.9 Å². The van der Waals surface area contributed by atoms with Gasteiger partial charge in [-0.25, -0.2) is 0 Å². The van der Waals surface area contributed by atoms with Crippen molar-refractivity contribution in [2.24, 2.45) is 5.92 Å². The fourth-order valence-corrected chi connectivity index (χ4v) is 5.45. The van der Waals surface area contributed by atoms with Crippen molar-refractivity contribution < 1.29 is 24.2 Å². The Hall–Kier alpha value is -1.10. The molecule has 0 fully saturated rings. The molecule has 0 aliphatic rings. The summed E-state index contributed by atoms with van der Waals surface area (Å²) in [5, 5.41) is 9.98. The van der Waals surface area contributed by atoms with E-state index in [1.807, 2.05) is 0 Å². The number of esters is 2. The van der Waals surface area contributed by atoms with Gasteiger partial charge in [-0.15, -0.1) is 0 Å². The maximum absolute atomic E-state index is 11.9. The summed E-state index contributed by atoms with van der Waals surface area (Å²) in [7, 11) is 0. The summed E-state index contributed by atoms with van der Waals surface area (Å²) in [5.41, 5.74) is 0. The minimum absolute atomic E-state index is 0.109. The summed E-state index contributed by atoms with van der Waals surface area (Å²) in [6, 6.07) is 0. The van der Waals surface area contributed by atoms with Crippen LogP contribution in [0.5, 0.6) is 0 Å². The molecular weight excluding hydrogens is 524 g/mol. The number of hydrogen-bond acceptors (Lipinski definition) is 5. The molecule has 0 saturated carbocycles. The molecule has 1 N–H and O–H groups in total. The van der Waals surface area contributed by atoms with Gasteiger partial charge in [0.05, 0.1) is 0 Å². The van der Waals surface area contributed by atoms with Crippen LogP contribution >= 0.6 is 0 Å². The fraction of sp³-hybridized carbons (Fsp3) is 0.946. The number of carbonyl (C=O) groups excluding carboxylic acids is 2. The van der Waals surface area contributed by atoms with Gasteiger partial charge in [0.25, 0.3) is 0 Å². The van der Waals surface area contributed by atoms with Gasteiger partial charge in [0.2, 0.25) is 0 Å². The highest BCUT2D eigenvalue weighted by atomic mass is 16.6. The van der Waals surface area contributed by atoms with Crippen molar-refractivity contribution in [3.63, 3.8) is 0 Å². The topological polar surface area (TPSA) is 72.8 Å². The molecule has 0 bridgehead atoms. The van der Waals surface area contributed by atoms with E-state index in [0.717, 1.165) is 38.0 Å². The summed E-state index contributed by atoms with van der Waals surface area (Å²) in [4.78, 5) is 23.8. The van der Waals surface area contributed by atoms with Crippen LogP contribution in [-0.2, 0) is 19.1 Å². The SMILES string of the molecule is CCCCCCCCCCCCCCCCCCC(=O)OC[C@H](O)COC(=O)CCCCCCCCCCCC(C)C. The molecule has 5 nitrogen and oxygen atoms in total. The van der Waals surface area contributed by atoms with Gasteiger partial charge in [-0.3, -0.25) is 9.59 Å². The Morgan fingerprint density at radius 1 is 0.476 bits per heavy atom. The van der Waals surface area contributed by atoms with Gasteiger partial charge in [-0.05, 0) is 18.8 Å². The Balaban J connectivity index is 3.39. The molecule has 0 spiro atoms. The van der Waals surface area contributed by atoms with Crippen molar-refractivity contribution in [1.82, 2.24) is 0 Å². The Bertz CT molecular complexity index is 577. The van der Waals surface area contributed by atoms with Crippen LogP contribution in [0.3, 0.4) is 0 Å². The van der Waals surface area contributed by atoms with Crippen molar-refractivity contribution in [1.29, 1.82) is 0 Å². The van der Waals surface area contributed by atoms with Gasteiger partial charge in [0.15, 0.2) is 0 Å². The minimum Gasteiger partial charge on any atom is -0.463 e. The molecule has 0 aliphatic heterocycles. The molecule has 0 aromatic carbocycles. The number of aliphatic hydroxyl groups excluding tert-OH is 1. The third-order valence-corrected chi connectivity index (χ3v) is 8.27. The number of unbranched alkanes of at least 4 members (excludes halogenated alkanes) is 23. The second kappa shape index (κ2) is 32.8. The first-order valence-electron chi connectivity index (χ1n) is 18.4. The largest absolute Gasteiger partial charge is 0.463 e. The lowest BCUT2D eigenvalue weighted by atomic mass is 10.0. The van der Waals surface area contributed by atoms with Gasteiger partial charge < -0.3 is 14.6 Å². The summed E-state index contributed by atoms with van der Waals surface area (Å²) >= 11 is 0. The fourth-order valence-electron chi connectivity index (χ4n) is 5.45. The van der Waals surface area contributed by atoms with E-state index in [2.05, 4.69) is 20.8 Å². The average molecular weight is 597 g/mol. The van der Waals surface area contributed by atoms with Crippen LogP contribution in [0.4, 0.5) is 0 Å². The van der Waals surface area contributed by atoms with E-state index >= 15 is 0 Å². The normalized spacial score (nSPS) is 12.1. The third-order valence-electron chi connectivity index (χ3n) is 8.27. The maximum atomic E-state index is 11.9. The highest BCUT2D eigenvalue weighted by molar-refractivity contribution is 5.69. The molecule has 250 valence electrons. The zero-order chi connectivity index (χ0) is 30.9. The second-order valence-electron chi connectivity index (χ2n) is 13.2. The number of aliphatic hydroxyl groups is 1. The smallest absolute Gasteiger partial charge is 0.305 e. The molecule has 0 heterocycles. The molecule has 0 aromatic rings. The summed E-state index contributed by atoms with van der Waals surface area (Å²) in [5.74, 6) is 0.265. The van der Waals surface area contributed by atoms with Crippen molar-refractivity contribution >= 4 is 11.9 Å². The lowest BCUT2D eigenvalue weighted by Crippen LogP contribution is -2.25. The second-order valence-corrected chi connectivity index (χ2v) is 13.2. The quantitative estimate of drug-likeness (QED) is 0.0602. The monoisotopic (exact) mass is 597 g/mol. The molecular formula is C37H72O5. The predicted molar refractivity (Wildman–Crippen MR) is 178 cm³/mol. The Kier molecular flexibility index (Phi) is 31.9. The summed E-state index contributed by atoms with van der Waals surface area (Å²) in [6.45, 7) is 6.63. The molecule has 42 heavy (non-hydrogen) atoms. The number of ether oxygens (including phenoxy) is 2. The van der Waals surface area contributed by atoms with Gasteiger partial charge in [0, 0.05) is 12.8 Å². The lowest BCUT2D eigenvalue weighted by molar-refractivity contribution is -0.152. The van der Waals surface area contributed by atoms with Crippen LogP contribution in [0.25, 0.3) is 0 Å². The molecule has 0 aromatic heterocycles. The van der Waals surface area contributed by atoms with E-state index in [0.29, 0.717) is 12.8 Å². The van der Waals surface area contributed by atoms with E-state index in [9.17, 15) is 14.7 Å². The van der Waals surface area contributed by atoms with Crippen LogP contribution in [0.2, 0.25) is 0 Å². The molecule has 0 unspecified atom stereocenters. The molecule has 0 amide bonds. The standard InChI is InChI=1S/C37H72O5/c1-4-5-6-7-8-9-10-11-12-13-14-15-18-21-24-27-30-36(39)41-32-35(38)33-42-37(40)31-28-25-22-19-16-17-20-23-26-29-34(2)3/h34-35,38H,4-33H2,1-3H3/t35-/m0/s1. The van der Waals surface area contributed by atoms with Crippen molar-refractivity contribution in [2.75, 3.05) is 13.2 Å². The van der Waals surface area contributed by atoms with Crippen LogP contribution in [-0.4, -0.2) is 36.4 Å². The molecule has 0 rings (SSSR count). The molecule has 0 aliphatic carbocycles. The van der Waals surface area contributed by atoms with Crippen LogP contribution in [0.1, 0.15) is 201 Å². The van der Waals surface area contributed by atoms with E-state index in [1.165, 1.54) is 135 Å². The first-order chi connectivity index (χ1) is 20.5. The van der Waals surface area contributed by atoms with Crippen molar-refractivity contribution in [2.45, 2.75) is 207 Å². The van der Waals surface area contributed by atoms with Crippen LogP contribution in [0, 0.1) is 5.92 Å². The van der Waals surface area contributed by atoms with Gasteiger partial charge in [-0.1, -0.05) is 175 Å². The number of carbonyl (C=O) groups is 2. The Morgan fingerprint density at radius 3 is 1.07 bits per heavy atom. The zero-order valence-electron chi connectivity index (χ0n) is 28.4. The molecule has 0 saturated heterocycles. The van der Waals surface area contributed by atoms with E-state index < -0.39 is 6.10 Å². The predicted octanol–water partition coefficient (Wildman–Crippen LogP) is 11.0. The highest BCUT2D eigenvalue weighted by Crippen LogP contribution is 2.15. The zero-order valence-corrected chi connectivity index (χ0v) is 28.4. The lowest BCUT2D eigenvalue weighted by Gasteiger charge is -2.12. The molecule has 5 heteroatoms. The van der Waals surface area contributed by atoms with Gasteiger partial charge in [0.1, 0.15) is 19.3 Å².